The van der Waals surface area contributed by atoms with Crippen molar-refractivity contribution in [3.05, 3.63) is 58.1 Å². The second kappa shape index (κ2) is 7.80. The molecule has 1 fully saturated rings. The van der Waals surface area contributed by atoms with Crippen LogP contribution in [0.2, 0.25) is 0 Å². The van der Waals surface area contributed by atoms with Crippen molar-refractivity contribution in [2.45, 2.75) is 35.5 Å². The van der Waals surface area contributed by atoms with Gasteiger partial charge in [0.05, 0.1) is 22.0 Å². The number of benzene rings is 2. The highest BCUT2D eigenvalue weighted by molar-refractivity contribution is 7.89. The van der Waals surface area contributed by atoms with Gasteiger partial charge in [-0.25, -0.2) is 17.9 Å². The van der Waals surface area contributed by atoms with E-state index in [-0.39, 0.29) is 22.8 Å². The maximum atomic E-state index is 12.8. The predicted octanol–water partition coefficient (Wildman–Crippen LogP) is 1.01. The molecule has 0 spiro atoms. The summed E-state index contributed by atoms with van der Waals surface area (Å²) in [5.74, 6) is -1.13. The number of aliphatic carboxylic acids is 1. The molecule has 1 aliphatic carbocycles. The number of hydrogen-bond acceptors (Lipinski definition) is 8. The lowest BCUT2D eigenvalue weighted by Gasteiger charge is -2.22. The topological polar surface area (TPSA) is 165 Å². The summed E-state index contributed by atoms with van der Waals surface area (Å²) in [7, 11) is -4.09. The Morgan fingerprint density at radius 3 is 2.61 bits per heavy atom. The van der Waals surface area contributed by atoms with Crippen molar-refractivity contribution in [2.75, 3.05) is 6.61 Å². The van der Waals surface area contributed by atoms with Crippen LogP contribution in [-0.2, 0) is 14.8 Å². The number of nitrogens with one attached hydrogen (secondary N) is 1. The normalized spacial score (nSPS) is 24.2. The van der Waals surface area contributed by atoms with Gasteiger partial charge >= 0.3 is 5.97 Å². The third kappa shape index (κ3) is 3.92. The highest BCUT2D eigenvalue weighted by Gasteiger charge is 2.51. The zero-order valence-electron chi connectivity index (χ0n) is 15.9. The molecule has 1 aliphatic heterocycles. The Bertz CT molecular complexity index is 1130. The van der Waals surface area contributed by atoms with E-state index in [1.807, 2.05) is 0 Å². The van der Waals surface area contributed by atoms with E-state index in [9.17, 15) is 28.4 Å². The Hall–Kier alpha value is -3.22. The smallest absolute Gasteiger partial charge is 0.341 e. The van der Waals surface area contributed by atoms with Crippen LogP contribution >= 0.6 is 0 Å². The van der Waals surface area contributed by atoms with Crippen molar-refractivity contribution in [2.24, 2.45) is 0 Å². The molecule has 4 unspecified atom stereocenters. The molecule has 0 amide bonds. The SMILES string of the molecule is O=C(O)COc1cccc2c1OC1CC(O)C(NS(=O)(=O)c3ccc([N+](=O)[O-])cc3)C21. The molecule has 4 rings (SSSR count). The van der Waals surface area contributed by atoms with Gasteiger partial charge in [0.2, 0.25) is 10.0 Å². The minimum atomic E-state index is -4.09. The minimum Gasteiger partial charge on any atom is -0.485 e. The molecule has 2 aromatic rings. The van der Waals surface area contributed by atoms with Gasteiger partial charge in [0, 0.05) is 30.0 Å². The van der Waals surface area contributed by atoms with E-state index in [4.69, 9.17) is 14.6 Å². The summed E-state index contributed by atoms with van der Waals surface area (Å²) in [6.07, 6.45) is -1.39. The van der Waals surface area contributed by atoms with Crippen LogP contribution in [0.3, 0.4) is 0 Å². The van der Waals surface area contributed by atoms with Crippen LogP contribution in [0, 0.1) is 10.1 Å². The van der Waals surface area contributed by atoms with Crippen LogP contribution in [0.25, 0.3) is 0 Å². The van der Waals surface area contributed by atoms with Gasteiger partial charge in [0.25, 0.3) is 5.69 Å². The van der Waals surface area contributed by atoms with Crippen molar-refractivity contribution in [1.82, 2.24) is 4.72 Å². The Labute approximate surface area is 176 Å². The summed E-state index contributed by atoms with van der Waals surface area (Å²) in [5.41, 5.74) is 0.354. The summed E-state index contributed by atoms with van der Waals surface area (Å²) in [6.45, 7) is -0.562. The first-order valence-corrected chi connectivity index (χ1v) is 10.7. The van der Waals surface area contributed by atoms with Crippen LogP contribution < -0.4 is 14.2 Å². The third-order valence-electron chi connectivity index (χ3n) is 5.31. The van der Waals surface area contributed by atoms with Gasteiger partial charge in [0.15, 0.2) is 18.1 Å². The van der Waals surface area contributed by atoms with Crippen LogP contribution in [0.4, 0.5) is 5.69 Å². The summed E-state index contributed by atoms with van der Waals surface area (Å²) in [6, 6.07) is 8.39. The molecule has 1 saturated carbocycles. The third-order valence-corrected chi connectivity index (χ3v) is 6.79. The van der Waals surface area contributed by atoms with E-state index in [1.165, 1.54) is 0 Å². The van der Waals surface area contributed by atoms with Crippen LogP contribution in [0.5, 0.6) is 11.5 Å². The number of fused-ring (bicyclic) bond motifs is 3. The maximum absolute atomic E-state index is 12.8. The maximum Gasteiger partial charge on any atom is 0.341 e. The largest absolute Gasteiger partial charge is 0.485 e. The number of rotatable bonds is 7. The predicted molar refractivity (Wildman–Crippen MR) is 105 cm³/mol. The average Bonchev–Trinajstić information content (AvgIpc) is 3.22. The minimum absolute atomic E-state index is 0.158. The fraction of sp³-hybridized carbons (Fsp3) is 0.316. The molecular formula is C19H18N2O9S. The highest BCUT2D eigenvalue weighted by Crippen LogP contribution is 2.51. The summed E-state index contributed by atoms with van der Waals surface area (Å²) < 4.78 is 39.3. The number of nitro groups is 1. The standard InChI is InChI=1S/C19H18N2O9S/c22-13-8-15-17(12-2-1-3-14(19(12)30-15)29-9-16(23)24)18(13)20-31(27,28)11-6-4-10(5-7-11)21(25)26/h1-7,13,15,17-18,20,22H,8-9H2,(H,23,24). The van der Waals surface area contributed by atoms with E-state index in [0.717, 1.165) is 24.3 Å². The van der Waals surface area contributed by atoms with E-state index in [0.29, 0.717) is 11.3 Å². The number of para-hydroxylation sites is 1. The zero-order chi connectivity index (χ0) is 22.3. The van der Waals surface area contributed by atoms with Crippen LogP contribution in [0.15, 0.2) is 47.4 Å². The molecule has 11 nitrogen and oxygen atoms in total. The molecule has 0 radical (unpaired) electrons. The van der Waals surface area contributed by atoms with Crippen LogP contribution in [0.1, 0.15) is 17.9 Å². The monoisotopic (exact) mass is 450 g/mol. The van der Waals surface area contributed by atoms with E-state index >= 15 is 0 Å². The second-order valence-electron chi connectivity index (χ2n) is 7.24. The number of nitrogens with zero attached hydrogens (tertiary/aromatic N) is 1. The lowest BCUT2D eigenvalue weighted by molar-refractivity contribution is -0.384. The first-order valence-electron chi connectivity index (χ1n) is 9.26. The fourth-order valence-corrected chi connectivity index (χ4v) is 5.28. The van der Waals surface area contributed by atoms with E-state index < -0.39 is 51.7 Å². The number of ether oxygens (including phenoxy) is 2. The molecule has 12 heteroatoms. The number of carbonyl (C=O) groups is 1. The lowest BCUT2D eigenvalue weighted by Crippen LogP contribution is -2.43. The molecule has 4 atom stereocenters. The zero-order valence-corrected chi connectivity index (χ0v) is 16.7. The van der Waals surface area contributed by atoms with Gasteiger partial charge in [-0.3, -0.25) is 10.1 Å². The number of aliphatic hydroxyl groups is 1. The first-order chi connectivity index (χ1) is 14.7. The Balaban J connectivity index is 1.60. The number of carboxylic acids is 1. The second-order valence-corrected chi connectivity index (χ2v) is 8.95. The molecule has 0 bridgehead atoms. The molecule has 0 saturated heterocycles. The molecule has 31 heavy (non-hydrogen) atoms. The van der Waals surface area contributed by atoms with Crippen molar-refractivity contribution in [1.29, 1.82) is 0 Å². The molecule has 0 aromatic heterocycles. The first kappa shape index (κ1) is 21.0. The highest BCUT2D eigenvalue weighted by atomic mass is 32.2. The van der Waals surface area contributed by atoms with Crippen molar-refractivity contribution in [3.8, 4) is 11.5 Å². The lowest BCUT2D eigenvalue weighted by atomic mass is 9.94. The molecule has 1 heterocycles. The number of nitro benzene ring substituents is 1. The van der Waals surface area contributed by atoms with E-state index in [1.54, 1.807) is 18.2 Å². The molecule has 2 aliphatic rings. The Kier molecular flexibility index (Phi) is 5.29. The van der Waals surface area contributed by atoms with Gasteiger partial charge < -0.3 is 19.7 Å². The number of non-ortho nitro benzene ring substituents is 1. The average molecular weight is 450 g/mol. The Morgan fingerprint density at radius 1 is 1.26 bits per heavy atom. The van der Waals surface area contributed by atoms with Gasteiger partial charge in [-0.15, -0.1) is 0 Å². The summed E-state index contributed by atoms with van der Waals surface area (Å²) >= 11 is 0. The van der Waals surface area contributed by atoms with Crippen LogP contribution in [-0.4, -0.2) is 54.4 Å². The number of hydrogen-bond donors (Lipinski definition) is 3. The fourth-order valence-electron chi connectivity index (χ4n) is 3.99. The molecule has 3 N–H and O–H groups in total. The Morgan fingerprint density at radius 2 is 1.97 bits per heavy atom. The van der Waals surface area contributed by atoms with Gasteiger partial charge in [-0.1, -0.05) is 12.1 Å². The van der Waals surface area contributed by atoms with Gasteiger partial charge in [0.1, 0.15) is 6.10 Å². The van der Waals surface area contributed by atoms with E-state index in [2.05, 4.69) is 4.72 Å². The molecule has 164 valence electrons. The summed E-state index contributed by atoms with van der Waals surface area (Å²) in [5, 5.41) is 30.1. The van der Waals surface area contributed by atoms with Crippen molar-refractivity contribution < 1.29 is 37.8 Å². The quantitative estimate of drug-likeness (QED) is 0.412. The number of aliphatic hydroxyl groups excluding tert-OH is 1. The summed E-state index contributed by atoms with van der Waals surface area (Å²) in [4.78, 5) is 20.8. The molecule has 2 aromatic carbocycles. The van der Waals surface area contributed by atoms with Gasteiger partial charge in [-0.05, 0) is 18.2 Å². The van der Waals surface area contributed by atoms with Crippen molar-refractivity contribution >= 4 is 21.7 Å². The number of carboxylic acid groups (broad SMARTS) is 1. The molecular weight excluding hydrogens is 432 g/mol. The van der Waals surface area contributed by atoms with Gasteiger partial charge in [-0.2, -0.15) is 0 Å². The number of sulfonamides is 1. The van der Waals surface area contributed by atoms with Crippen molar-refractivity contribution in [3.63, 3.8) is 0 Å².